The molecule has 6 heteroatoms. The largest absolute Gasteiger partial charge is 0.508 e. The number of esters is 1. The number of aromatic nitrogens is 1. The molecule has 0 fully saturated rings. The lowest BCUT2D eigenvalue weighted by Crippen LogP contribution is -2.21. The third-order valence-corrected chi connectivity index (χ3v) is 2.68. The first-order chi connectivity index (χ1) is 9.01. The van der Waals surface area contributed by atoms with E-state index in [0.717, 1.165) is 6.07 Å². The van der Waals surface area contributed by atoms with Gasteiger partial charge in [0.1, 0.15) is 11.5 Å². The highest BCUT2D eigenvalue weighted by Gasteiger charge is 2.12. The highest BCUT2D eigenvalue weighted by atomic mass is 16.5. The quantitative estimate of drug-likeness (QED) is 0.844. The van der Waals surface area contributed by atoms with Crippen LogP contribution in [0, 0.1) is 6.92 Å². The van der Waals surface area contributed by atoms with E-state index in [2.05, 4.69) is 4.74 Å². The monoisotopic (exact) mass is 263 g/mol. The molecule has 0 saturated carbocycles. The van der Waals surface area contributed by atoms with Crippen molar-refractivity contribution in [3.8, 4) is 5.75 Å². The molecule has 100 valence electrons. The van der Waals surface area contributed by atoms with E-state index in [4.69, 9.17) is 4.42 Å². The minimum Gasteiger partial charge on any atom is -0.508 e. The van der Waals surface area contributed by atoms with Crippen LogP contribution >= 0.6 is 0 Å². The topological polar surface area (TPSA) is 81.7 Å². The minimum absolute atomic E-state index is 0.0755. The molecular weight excluding hydrogens is 250 g/mol. The number of carbonyl (C=O) groups is 1. The highest BCUT2D eigenvalue weighted by molar-refractivity contribution is 5.86. The maximum absolute atomic E-state index is 11.7. The SMILES string of the molecule is COC(=O)c1ccc(Cn2c(C)cc(O)cc2=O)o1. The Morgan fingerprint density at radius 3 is 2.79 bits per heavy atom. The van der Waals surface area contributed by atoms with Gasteiger partial charge in [-0.25, -0.2) is 4.79 Å². The molecule has 0 spiro atoms. The molecule has 0 aromatic carbocycles. The van der Waals surface area contributed by atoms with Gasteiger partial charge in [0, 0.05) is 11.8 Å². The summed E-state index contributed by atoms with van der Waals surface area (Å²) in [6, 6.07) is 5.69. The van der Waals surface area contributed by atoms with Gasteiger partial charge in [-0.15, -0.1) is 0 Å². The Balaban J connectivity index is 2.29. The van der Waals surface area contributed by atoms with E-state index in [9.17, 15) is 14.7 Å². The van der Waals surface area contributed by atoms with Crippen molar-refractivity contribution < 1.29 is 19.1 Å². The smallest absolute Gasteiger partial charge is 0.373 e. The van der Waals surface area contributed by atoms with Crippen molar-refractivity contribution in [3.05, 3.63) is 51.8 Å². The summed E-state index contributed by atoms with van der Waals surface area (Å²) in [7, 11) is 1.26. The first-order valence-corrected chi connectivity index (χ1v) is 5.58. The molecule has 0 unspecified atom stereocenters. The van der Waals surface area contributed by atoms with E-state index in [1.54, 1.807) is 13.0 Å². The van der Waals surface area contributed by atoms with Gasteiger partial charge >= 0.3 is 5.97 Å². The van der Waals surface area contributed by atoms with Crippen LogP contribution in [0.15, 0.2) is 33.5 Å². The zero-order chi connectivity index (χ0) is 14.0. The molecule has 2 aromatic heterocycles. The van der Waals surface area contributed by atoms with Crippen molar-refractivity contribution in [3.63, 3.8) is 0 Å². The summed E-state index contributed by atoms with van der Waals surface area (Å²) in [5.74, 6) is -0.104. The molecule has 1 N–H and O–H groups in total. The number of carbonyl (C=O) groups excluding carboxylic acids is 1. The third kappa shape index (κ3) is 2.67. The van der Waals surface area contributed by atoms with E-state index in [0.29, 0.717) is 11.5 Å². The van der Waals surface area contributed by atoms with Gasteiger partial charge < -0.3 is 18.8 Å². The van der Waals surface area contributed by atoms with Gasteiger partial charge in [-0.1, -0.05) is 0 Å². The third-order valence-electron chi connectivity index (χ3n) is 2.68. The molecule has 6 nitrogen and oxygen atoms in total. The van der Waals surface area contributed by atoms with Gasteiger partial charge in [0.25, 0.3) is 5.56 Å². The Morgan fingerprint density at radius 2 is 2.16 bits per heavy atom. The number of furan rings is 1. The number of hydrogen-bond donors (Lipinski definition) is 1. The Labute approximate surface area is 108 Å². The number of methoxy groups -OCH3 is 1. The molecule has 0 bridgehead atoms. The summed E-state index contributed by atoms with van der Waals surface area (Å²) in [5, 5.41) is 9.30. The fourth-order valence-corrected chi connectivity index (χ4v) is 1.74. The molecule has 2 heterocycles. The van der Waals surface area contributed by atoms with Gasteiger partial charge in [-0.2, -0.15) is 0 Å². The van der Waals surface area contributed by atoms with Crippen molar-refractivity contribution >= 4 is 5.97 Å². The van der Waals surface area contributed by atoms with Gasteiger partial charge in [0.2, 0.25) is 5.76 Å². The maximum atomic E-state index is 11.7. The first kappa shape index (κ1) is 12.9. The molecular formula is C13H13NO5. The standard InChI is InChI=1S/C13H13NO5/c1-8-5-9(15)6-12(16)14(8)7-10-3-4-11(19-10)13(17)18-2/h3-6,15H,7H2,1-2H3. The van der Waals surface area contributed by atoms with Crippen molar-refractivity contribution in [2.45, 2.75) is 13.5 Å². The molecule has 0 radical (unpaired) electrons. The van der Waals surface area contributed by atoms with Crippen molar-refractivity contribution in [2.75, 3.05) is 7.11 Å². The number of aryl methyl sites for hydroxylation is 1. The summed E-state index contributed by atoms with van der Waals surface area (Å²) in [6.07, 6.45) is 0. The Kier molecular flexibility index (Phi) is 3.41. The molecule has 0 saturated heterocycles. The maximum Gasteiger partial charge on any atom is 0.373 e. The van der Waals surface area contributed by atoms with Gasteiger partial charge in [-0.05, 0) is 25.1 Å². The lowest BCUT2D eigenvalue weighted by atomic mass is 10.3. The van der Waals surface area contributed by atoms with Crippen LogP contribution in [0.25, 0.3) is 0 Å². The average Bonchev–Trinajstić information content (AvgIpc) is 2.81. The summed E-state index contributed by atoms with van der Waals surface area (Å²) in [5.41, 5.74) is 0.259. The van der Waals surface area contributed by atoms with Crippen LogP contribution in [0.4, 0.5) is 0 Å². The number of hydrogen-bond acceptors (Lipinski definition) is 5. The van der Waals surface area contributed by atoms with E-state index in [1.807, 2.05) is 0 Å². The van der Waals surface area contributed by atoms with Crippen LogP contribution in [-0.4, -0.2) is 22.8 Å². The minimum atomic E-state index is -0.568. The number of rotatable bonds is 3. The molecule has 2 rings (SSSR count). The Bertz CT molecular complexity index is 668. The second kappa shape index (κ2) is 5.01. The molecule has 0 aliphatic carbocycles. The van der Waals surface area contributed by atoms with Crippen LogP contribution in [-0.2, 0) is 11.3 Å². The lowest BCUT2D eigenvalue weighted by Gasteiger charge is -2.07. The predicted octanol–water partition coefficient (Wildman–Crippen LogP) is 1.29. The van der Waals surface area contributed by atoms with Gasteiger partial charge in [0.15, 0.2) is 0 Å². The fraction of sp³-hybridized carbons (Fsp3) is 0.231. The van der Waals surface area contributed by atoms with Crippen molar-refractivity contribution in [1.82, 2.24) is 4.57 Å². The number of aromatic hydroxyl groups is 1. The molecule has 0 amide bonds. The average molecular weight is 263 g/mol. The van der Waals surface area contributed by atoms with Gasteiger partial charge in [0.05, 0.1) is 13.7 Å². The highest BCUT2D eigenvalue weighted by Crippen LogP contribution is 2.12. The normalized spacial score (nSPS) is 10.4. The molecule has 0 atom stereocenters. The summed E-state index contributed by atoms with van der Waals surface area (Å²) in [4.78, 5) is 23.0. The molecule has 2 aromatic rings. The second-order valence-corrected chi connectivity index (χ2v) is 4.04. The van der Waals surface area contributed by atoms with Crippen molar-refractivity contribution in [1.29, 1.82) is 0 Å². The summed E-state index contributed by atoms with van der Waals surface area (Å²) in [6.45, 7) is 1.88. The van der Waals surface area contributed by atoms with E-state index in [-0.39, 0.29) is 23.6 Å². The Hall–Kier alpha value is -2.50. The fourth-order valence-electron chi connectivity index (χ4n) is 1.74. The summed E-state index contributed by atoms with van der Waals surface area (Å²) >= 11 is 0. The molecule has 0 aliphatic heterocycles. The Morgan fingerprint density at radius 1 is 1.42 bits per heavy atom. The van der Waals surface area contributed by atoms with E-state index in [1.165, 1.54) is 23.8 Å². The zero-order valence-electron chi connectivity index (χ0n) is 10.5. The van der Waals surface area contributed by atoms with Crippen LogP contribution < -0.4 is 5.56 Å². The van der Waals surface area contributed by atoms with Crippen LogP contribution in [0.5, 0.6) is 5.75 Å². The van der Waals surface area contributed by atoms with Crippen LogP contribution in [0.3, 0.4) is 0 Å². The first-order valence-electron chi connectivity index (χ1n) is 5.58. The van der Waals surface area contributed by atoms with Gasteiger partial charge in [-0.3, -0.25) is 4.79 Å². The molecule has 19 heavy (non-hydrogen) atoms. The lowest BCUT2D eigenvalue weighted by molar-refractivity contribution is 0.0563. The number of pyridine rings is 1. The van der Waals surface area contributed by atoms with E-state index < -0.39 is 5.97 Å². The zero-order valence-corrected chi connectivity index (χ0v) is 10.5. The van der Waals surface area contributed by atoms with E-state index >= 15 is 0 Å². The number of ether oxygens (including phenoxy) is 1. The summed E-state index contributed by atoms with van der Waals surface area (Å²) < 4.78 is 11.2. The number of nitrogens with zero attached hydrogens (tertiary/aromatic N) is 1. The second-order valence-electron chi connectivity index (χ2n) is 4.04. The molecule has 0 aliphatic rings. The van der Waals surface area contributed by atoms with Crippen LogP contribution in [0.2, 0.25) is 0 Å². The van der Waals surface area contributed by atoms with Crippen molar-refractivity contribution in [2.24, 2.45) is 0 Å². The predicted molar refractivity (Wildman–Crippen MR) is 66.3 cm³/mol. The van der Waals surface area contributed by atoms with Crippen LogP contribution in [0.1, 0.15) is 22.0 Å².